The summed E-state index contributed by atoms with van der Waals surface area (Å²) >= 11 is 0. The molecular formula is C47H70O13. The van der Waals surface area contributed by atoms with Gasteiger partial charge in [-0.05, 0) is 60.9 Å². The highest BCUT2D eigenvalue weighted by atomic mass is 16.7. The molecule has 3 aliphatic rings. The van der Waals surface area contributed by atoms with E-state index in [0.717, 1.165) is 56.1 Å². The number of hydrogen-bond donors (Lipinski definition) is 3. The van der Waals surface area contributed by atoms with Crippen LogP contribution in [-0.2, 0) is 47.5 Å². The number of unbranched alkanes of at least 4 members (excludes halogenated alkanes) is 6. The number of aliphatic hydroxyl groups is 3. The third-order valence-corrected chi connectivity index (χ3v) is 11.4. The van der Waals surface area contributed by atoms with E-state index in [9.17, 15) is 29.7 Å². The SMILES string of the molecule is CCCC/C=C/c1cccc([C@@H]2C[C@@H]3CCO[C@H](/C=C/C(C)(C)[C@]4(O)OC(C/C(=C\C(=O)OC)[C@@H]4OC(=O)CCCCCCC)C[C@@H](CO)OC(=O)C[C@H](O)CCO2)O3)c1. The molecule has 60 heavy (non-hydrogen) atoms. The molecule has 0 spiro atoms. The van der Waals surface area contributed by atoms with E-state index >= 15 is 0 Å². The second-order valence-corrected chi connectivity index (χ2v) is 16.8. The number of methoxy groups -OCH3 is 1. The van der Waals surface area contributed by atoms with Gasteiger partial charge in [-0.2, -0.15) is 0 Å². The standard InChI is InChI=1S/C47H70O13/c1-6-8-10-12-14-19-41(50)59-45-35(28-42(51)54-5)27-38-30-39(32-48)57-43(52)29-36(49)21-24-55-40(34-18-15-17-33(26-34)16-13-11-9-7-2)31-37-22-25-56-44(58-37)20-23-46(3,4)47(45,53)60-38/h13,15-18,20,23,26,28,36-40,44-45,48-49,53H,6-12,14,19,21-22,24-25,27,29-32H2,1-5H3/b16-13+,23-20+,35-28+/t36-,37+,38?,39+,40+,44+,45+,47-/m1/s1. The normalized spacial score (nSPS) is 30.6. The van der Waals surface area contributed by atoms with Gasteiger partial charge in [-0.3, -0.25) is 9.59 Å². The maximum atomic E-state index is 13.4. The number of allylic oxidation sites excluding steroid dienone is 1. The minimum atomic E-state index is -2.28. The molecule has 0 saturated carbocycles. The van der Waals surface area contributed by atoms with Gasteiger partial charge >= 0.3 is 17.9 Å². The largest absolute Gasteiger partial charge is 0.466 e. The number of hydrogen-bond acceptors (Lipinski definition) is 13. The monoisotopic (exact) mass is 842 g/mol. The van der Waals surface area contributed by atoms with Gasteiger partial charge in [-0.15, -0.1) is 0 Å². The molecule has 3 aliphatic heterocycles. The molecule has 0 amide bonds. The lowest BCUT2D eigenvalue weighted by atomic mass is 9.74. The fraction of sp³-hybridized carbons (Fsp3) is 0.681. The number of carbonyl (C=O) groups is 3. The Morgan fingerprint density at radius 2 is 1.73 bits per heavy atom. The highest BCUT2D eigenvalue weighted by molar-refractivity contribution is 5.83. The van der Waals surface area contributed by atoms with E-state index in [1.165, 1.54) is 13.2 Å². The van der Waals surface area contributed by atoms with Gasteiger partial charge in [0.25, 0.3) is 0 Å². The molecule has 2 saturated heterocycles. The van der Waals surface area contributed by atoms with Crippen molar-refractivity contribution < 1.29 is 62.9 Å². The molecule has 0 radical (unpaired) electrons. The Labute approximate surface area is 356 Å². The maximum Gasteiger partial charge on any atom is 0.330 e. The number of fused-ring (bicyclic) bond motifs is 4. The molecule has 336 valence electrons. The third kappa shape index (κ3) is 15.2. The fourth-order valence-electron chi connectivity index (χ4n) is 7.76. The van der Waals surface area contributed by atoms with E-state index in [-0.39, 0.29) is 50.4 Å². The second-order valence-electron chi connectivity index (χ2n) is 16.8. The first kappa shape index (κ1) is 49.2. The molecule has 8 atom stereocenters. The van der Waals surface area contributed by atoms with Crippen LogP contribution in [-0.4, -0.2) is 103 Å². The first-order valence-electron chi connectivity index (χ1n) is 22.0. The lowest BCUT2D eigenvalue weighted by Gasteiger charge is -2.51. The third-order valence-electron chi connectivity index (χ3n) is 11.4. The van der Waals surface area contributed by atoms with Gasteiger partial charge in [-0.1, -0.05) is 103 Å². The van der Waals surface area contributed by atoms with E-state index in [4.69, 9.17) is 33.2 Å². The number of aliphatic hydroxyl groups excluding tert-OH is 2. The summed E-state index contributed by atoms with van der Waals surface area (Å²) in [5.41, 5.74) is 0.890. The van der Waals surface area contributed by atoms with Crippen molar-refractivity contribution in [2.75, 3.05) is 26.9 Å². The van der Waals surface area contributed by atoms with E-state index in [0.29, 0.717) is 25.9 Å². The molecule has 3 N–H and O–H groups in total. The molecule has 0 aromatic heterocycles. The van der Waals surface area contributed by atoms with E-state index in [2.05, 4.69) is 32.1 Å². The zero-order valence-electron chi connectivity index (χ0n) is 36.4. The molecule has 2 fully saturated rings. The summed E-state index contributed by atoms with van der Waals surface area (Å²) in [5.74, 6) is -4.31. The summed E-state index contributed by atoms with van der Waals surface area (Å²) in [5, 5.41) is 34.0. The van der Waals surface area contributed by atoms with Gasteiger partial charge in [-0.25, -0.2) is 4.79 Å². The van der Waals surface area contributed by atoms with Gasteiger partial charge in [0.1, 0.15) is 6.10 Å². The number of rotatable bonds is 14. The fourth-order valence-corrected chi connectivity index (χ4v) is 7.76. The van der Waals surface area contributed by atoms with Gasteiger partial charge in [0.2, 0.25) is 5.79 Å². The zero-order chi connectivity index (χ0) is 43.5. The van der Waals surface area contributed by atoms with Crippen LogP contribution in [0.25, 0.3) is 6.08 Å². The lowest BCUT2D eigenvalue weighted by Crippen LogP contribution is -2.62. The number of benzene rings is 1. The summed E-state index contributed by atoms with van der Waals surface area (Å²) < 4.78 is 42.0. The van der Waals surface area contributed by atoms with Crippen molar-refractivity contribution in [1.82, 2.24) is 0 Å². The van der Waals surface area contributed by atoms with Crippen LogP contribution in [0.5, 0.6) is 0 Å². The van der Waals surface area contributed by atoms with Gasteiger partial charge in [0.15, 0.2) is 12.4 Å². The van der Waals surface area contributed by atoms with Gasteiger partial charge < -0.3 is 48.5 Å². The van der Waals surface area contributed by atoms with E-state index in [1.807, 2.05) is 18.2 Å². The molecule has 1 unspecified atom stereocenters. The van der Waals surface area contributed by atoms with Crippen molar-refractivity contribution in [1.29, 1.82) is 0 Å². The first-order chi connectivity index (χ1) is 28.8. The van der Waals surface area contributed by atoms with Crippen LogP contribution in [0.1, 0.15) is 141 Å². The summed E-state index contributed by atoms with van der Waals surface area (Å²) in [6.45, 7) is 7.66. The summed E-state index contributed by atoms with van der Waals surface area (Å²) in [6.07, 6.45) is 11.4. The van der Waals surface area contributed by atoms with Crippen LogP contribution in [0.3, 0.4) is 0 Å². The molecule has 0 aliphatic carbocycles. The van der Waals surface area contributed by atoms with Crippen LogP contribution in [0.4, 0.5) is 0 Å². The predicted molar refractivity (Wildman–Crippen MR) is 225 cm³/mol. The first-order valence-corrected chi connectivity index (χ1v) is 22.0. The smallest absolute Gasteiger partial charge is 0.330 e. The van der Waals surface area contributed by atoms with Crippen LogP contribution in [0, 0.1) is 5.41 Å². The highest BCUT2D eigenvalue weighted by Crippen LogP contribution is 2.47. The quantitative estimate of drug-likeness (QED) is 0.0558. The van der Waals surface area contributed by atoms with Crippen LogP contribution in [0.15, 0.2) is 54.1 Å². The number of carbonyl (C=O) groups excluding carboxylic acids is 3. The van der Waals surface area contributed by atoms with Crippen molar-refractivity contribution in [2.24, 2.45) is 5.41 Å². The molecule has 1 aromatic carbocycles. The number of esters is 3. The topological polar surface area (TPSA) is 177 Å². The molecular weight excluding hydrogens is 773 g/mol. The average molecular weight is 843 g/mol. The summed E-state index contributed by atoms with van der Waals surface area (Å²) in [6, 6.07) is 8.12. The zero-order valence-corrected chi connectivity index (χ0v) is 36.4. The Kier molecular flexibility index (Phi) is 20.4. The average Bonchev–Trinajstić information content (AvgIpc) is 3.22. The molecule has 1 aromatic rings. The van der Waals surface area contributed by atoms with E-state index < -0.39 is 72.5 Å². The second kappa shape index (κ2) is 24.9. The maximum absolute atomic E-state index is 13.4. The molecule has 4 rings (SSSR count). The van der Waals surface area contributed by atoms with Crippen molar-refractivity contribution in [3.8, 4) is 0 Å². The van der Waals surface area contributed by atoms with Gasteiger partial charge in [0, 0.05) is 37.4 Å². The van der Waals surface area contributed by atoms with Gasteiger partial charge in [0.05, 0.1) is 51.2 Å². The van der Waals surface area contributed by atoms with Crippen molar-refractivity contribution in [3.63, 3.8) is 0 Å². The Bertz CT molecular complexity index is 1590. The molecule has 13 nitrogen and oxygen atoms in total. The molecule has 13 heteroatoms. The van der Waals surface area contributed by atoms with Crippen LogP contribution >= 0.6 is 0 Å². The predicted octanol–water partition coefficient (Wildman–Crippen LogP) is 7.35. The summed E-state index contributed by atoms with van der Waals surface area (Å²) in [4.78, 5) is 39.3. The minimum Gasteiger partial charge on any atom is -0.466 e. The van der Waals surface area contributed by atoms with Crippen LogP contribution in [0.2, 0.25) is 0 Å². The molecule has 3 heterocycles. The Balaban J connectivity index is 1.69. The Morgan fingerprint density at radius 1 is 0.967 bits per heavy atom. The van der Waals surface area contributed by atoms with Crippen molar-refractivity contribution in [2.45, 2.75) is 173 Å². The lowest BCUT2D eigenvalue weighted by molar-refractivity contribution is -0.327. The number of cyclic esters (lactones) is 1. The highest BCUT2D eigenvalue weighted by Gasteiger charge is 2.57. The van der Waals surface area contributed by atoms with Crippen molar-refractivity contribution >= 4 is 24.0 Å². The minimum absolute atomic E-state index is 0.0184. The Morgan fingerprint density at radius 3 is 2.48 bits per heavy atom. The Hall–Kier alpha value is -3.43. The summed E-state index contributed by atoms with van der Waals surface area (Å²) in [7, 11) is 1.22. The molecule has 4 bridgehead atoms. The van der Waals surface area contributed by atoms with Crippen LogP contribution < -0.4 is 0 Å². The number of ether oxygens (including phenoxy) is 7. The van der Waals surface area contributed by atoms with Crippen molar-refractivity contribution in [3.05, 3.63) is 65.3 Å². The van der Waals surface area contributed by atoms with E-state index in [1.54, 1.807) is 26.0 Å².